The van der Waals surface area contributed by atoms with Gasteiger partial charge in [0.25, 0.3) is 11.8 Å². The molecule has 0 aliphatic carbocycles. The monoisotopic (exact) mass is 485 g/mol. The molecule has 9 heteroatoms. The summed E-state index contributed by atoms with van der Waals surface area (Å²) < 4.78 is 39.6. The van der Waals surface area contributed by atoms with E-state index in [-0.39, 0.29) is 17.3 Å². The molecule has 0 saturated carbocycles. The number of amides is 2. The Morgan fingerprint density at radius 1 is 1.09 bits per heavy atom. The molecule has 1 N–H and O–H groups in total. The SMILES string of the molecule is C=C1CCCN(C(=O)c2ccc(NC(=O)c3ccccc3C(F)(F)F)nc2)c2ccc(Cl)cc21. The van der Waals surface area contributed by atoms with Crippen LogP contribution in [-0.2, 0) is 6.18 Å². The van der Waals surface area contributed by atoms with Gasteiger partial charge in [0.1, 0.15) is 5.82 Å². The van der Waals surface area contributed by atoms with Crippen molar-refractivity contribution in [3.05, 3.63) is 94.6 Å². The van der Waals surface area contributed by atoms with Crippen molar-refractivity contribution in [1.82, 2.24) is 4.98 Å². The van der Waals surface area contributed by atoms with Crippen molar-refractivity contribution in [3.63, 3.8) is 0 Å². The highest BCUT2D eigenvalue weighted by Gasteiger charge is 2.35. The Bertz CT molecular complexity index is 1270. The number of pyridine rings is 1. The second kappa shape index (κ2) is 9.30. The highest BCUT2D eigenvalue weighted by molar-refractivity contribution is 6.31. The van der Waals surface area contributed by atoms with Gasteiger partial charge in [0.05, 0.1) is 22.4 Å². The zero-order valence-electron chi connectivity index (χ0n) is 17.8. The Balaban J connectivity index is 1.55. The van der Waals surface area contributed by atoms with Crippen LogP contribution < -0.4 is 10.2 Å². The zero-order valence-corrected chi connectivity index (χ0v) is 18.6. The first-order valence-electron chi connectivity index (χ1n) is 10.4. The van der Waals surface area contributed by atoms with Crippen LogP contribution in [0.3, 0.4) is 0 Å². The Morgan fingerprint density at radius 3 is 2.56 bits per heavy atom. The lowest BCUT2D eigenvalue weighted by Crippen LogP contribution is -2.31. The van der Waals surface area contributed by atoms with Crippen LogP contribution in [0.1, 0.15) is 44.7 Å². The number of nitrogens with one attached hydrogen (secondary N) is 1. The number of halogens is 4. The molecule has 0 saturated heterocycles. The molecule has 174 valence electrons. The lowest BCUT2D eigenvalue weighted by Gasteiger charge is -2.23. The smallest absolute Gasteiger partial charge is 0.308 e. The number of hydrogen-bond donors (Lipinski definition) is 1. The van der Waals surface area contributed by atoms with Crippen LogP contribution in [0.15, 0.2) is 67.4 Å². The summed E-state index contributed by atoms with van der Waals surface area (Å²) in [6.07, 6.45) is -1.95. The number of hydrogen-bond acceptors (Lipinski definition) is 3. The zero-order chi connectivity index (χ0) is 24.5. The van der Waals surface area contributed by atoms with Gasteiger partial charge in [-0.3, -0.25) is 9.59 Å². The van der Waals surface area contributed by atoms with Crippen LogP contribution in [0.4, 0.5) is 24.7 Å². The first-order valence-corrected chi connectivity index (χ1v) is 10.8. The molecule has 2 aromatic carbocycles. The highest BCUT2D eigenvalue weighted by atomic mass is 35.5. The molecule has 3 aromatic rings. The van der Waals surface area contributed by atoms with Gasteiger partial charge in [-0.2, -0.15) is 13.2 Å². The fraction of sp³-hybridized carbons (Fsp3) is 0.160. The Labute approximate surface area is 198 Å². The summed E-state index contributed by atoms with van der Waals surface area (Å²) in [6.45, 7) is 4.56. The van der Waals surface area contributed by atoms with Crippen LogP contribution in [0, 0.1) is 0 Å². The van der Waals surface area contributed by atoms with Gasteiger partial charge in [0.15, 0.2) is 0 Å². The molecule has 0 unspecified atom stereocenters. The Kier molecular flexibility index (Phi) is 6.43. The molecule has 1 aliphatic rings. The number of benzene rings is 2. The van der Waals surface area contributed by atoms with Gasteiger partial charge in [-0.1, -0.05) is 30.3 Å². The van der Waals surface area contributed by atoms with E-state index < -0.39 is 23.2 Å². The molecule has 0 atom stereocenters. The van der Waals surface area contributed by atoms with Gasteiger partial charge >= 0.3 is 6.18 Å². The average Bonchev–Trinajstić information content (AvgIpc) is 2.97. The lowest BCUT2D eigenvalue weighted by atomic mass is 10.0. The quantitative estimate of drug-likeness (QED) is 0.463. The number of fused-ring (bicyclic) bond motifs is 1. The third-order valence-corrected chi connectivity index (χ3v) is 5.70. The highest BCUT2D eigenvalue weighted by Crippen LogP contribution is 2.35. The van der Waals surface area contributed by atoms with Crippen LogP contribution in [0.5, 0.6) is 0 Å². The molecular formula is C25H19ClF3N3O2. The van der Waals surface area contributed by atoms with Gasteiger partial charge in [0, 0.05) is 23.3 Å². The number of aromatic nitrogens is 1. The molecule has 34 heavy (non-hydrogen) atoms. The maximum atomic E-state index is 13.2. The van der Waals surface area contributed by atoms with Gasteiger partial charge in [0.2, 0.25) is 0 Å². The molecule has 2 heterocycles. The van der Waals surface area contributed by atoms with Gasteiger partial charge in [-0.05, 0) is 60.9 Å². The summed E-state index contributed by atoms with van der Waals surface area (Å²) in [5.41, 5.74) is 1.10. The number of alkyl halides is 3. The van der Waals surface area contributed by atoms with Crippen molar-refractivity contribution in [2.24, 2.45) is 0 Å². The summed E-state index contributed by atoms with van der Waals surface area (Å²) in [5, 5.41) is 2.90. The normalized spacial score (nSPS) is 13.8. The van der Waals surface area contributed by atoms with Crippen molar-refractivity contribution in [3.8, 4) is 0 Å². The molecular weight excluding hydrogens is 467 g/mol. The largest absolute Gasteiger partial charge is 0.417 e. The van der Waals surface area contributed by atoms with E-state index in [2.05, 4.69) is 16.9 Å². The van der Waals surface area contributed by atoms with Crippen LogP contribution in [0.25, 0.3) is 5.57 Å². The van der Waals surface area contributed by atoms with E-state index in [1.807, 2.05) is 0 Å². The summed E-state index contributed by atoms with van der Waals surface area (Å²) in [5.74, 6) is -1.22. The molecule has 0 fully saturated rings. The Morgan fingerprint density at radius 2 is 1.85 bits per heavy atom. The second-order valence-electron chi connectivity index (χ2n) is 7.75. The number of anilines is 2. The molecule has 0 bridgehead atoms. The van der Waals surface area contributed by atoms with Crippen molar-refractivity contribution in [2.75, 3.05) is 16.8 Å². The predicted octanol–water partition coefficient (Wildman–Crippen LogP) is 6.46. The number of carbonyl (C=O) groups is 2. The van der Waals surface area contributed by atoms with E-state index in [9.17, 15) is 22.8 Å². The fourth-order valence-electron chi connectivity index (χ4n) is 3.81. The first-order chi connectivity index (χ1) is 16.1. The van der Waals surface area contributed by atoms with E-state index in [0.29, 0.717) is 17.3 Å². The third-order valence-electron chi connectivity index (χ3n) is 5.46. The molecule has 0 radical (unpaired) electrons. The third kappa shape index (κ3) is 4.82. The summed E-state index contributed by atoms with van der Waals surface area (Å²) >= 11 is 6.13. The maximum absolute atomic E-state index is 13.2. The minimum absolute atomic E-state index is 0.0231. The van der Waals surface area contributed by atoms with Crippen molar-refractivity contribution in [2.45, 2.75) is 19.0 Å². The van der Waals surface area contributed by atoms with Crippen LogP contribution in [0.2, 0.25) is 5.02 Å². The van der Waals surface area contributed by atoms with Gasteiger partial charge in [-0.25, -0.2) is 4.98 Å². The van der Waals surface area contributed by atoms with E-state index in [1.165, 1.54) is 30.5 Å². The summed E-state index contributed by atoms with van der Waals surface area (Å²) in [7, 11) is 0. The standard InChI is InChI=1S/C25H19ClF3N3O2/c1-15-5-4-12-32(21-10-9-17(26)13-19(15)21)24(34)16-8-11-22(30-14-16)31-23(33)18-6-2-3-7-20(18)25(27,28)29/h2-3,6-11,13-14H,1,4-5,12H2,(H,30,31,33). The molecule has 0 spiro atoms. The number of nitrogens with zero attached hydrogens (tertiary/aromatic N) is 2. The van der Waals surface area contributed by atoms with Crippen molar-refractivity contribution < 1.29 is 22.8 Å². The number of rotatable bonds is 3. The molecule has 1 aliphatic heterocycles. The summed E-state index contributed by atoms with van der Waals surface area (Å²) in [4.78, 5) is 31.3. The fourth-order valence-corrected chi connectivity index (χ4v) is 3.98. The predicted molar refractivity (Wildman–Crippen MR) is 125 cm³/mol. The van der Waals surface area contributed by atoms with E-state index in [0.717, 1.165) is 36.1 Å². The van der Waals surface area contributed by atoms with Gasteiger partial charge < -0.3 is 10.2 Å². The van der Waals surface area contributed by atoms with Crippen LogP contribution >= 0.6 is 11.6 Å². The van der Waals surface area contributed by atoms with Gasteiger partial charge in [-0.15, -0.1) is 0 Å². The number of carbonyl (C=O) groups excluding carboxylic acids is 2. The second-order valence-corrected chi connectivity index (χ2v) is 8.19. The molecule has 1 aromatic heterocycles. The number of allylic oxidation sites excluding steroid dienone is 1. The van der Waals surface area contributed by atoms with E-state index in [1.54, 1.807) is 23.1 Å². The Hall–Kier alpha value is -3.65. The van der Waals surface area contributed by atoms with E-state index in [4.69, 9.17) is 11.6 Å². The summed E-state index contributed by atoms with van der Waals surface area (Å²) in [6, 6.07) is 12.6. The van der Waals surface area contributed by atoms with Crippen molar-refractivity contribution >= 4 is 40.5 Å². The van der Waals surface area contributed by atoms with E-state index >= 15 is 0 Å². The maximum Gasteiger partial charge on any atom is 0.417 e. The van der Waals surface area contributed by atoms with Crippen molar-refractivity contribution in [1.29, 1.82) is 0 Å². The average molecular weight is 486 g/mol. The molecule has 4 rings (SSSR count). The molecule has 5 nitrogen and oxygen atoms in total. The minimum Gasteiger partial charge on any atom is -0.308 e. The van der Waals surface area contributed by atoms with Crippen LogP contribution in [-0.4, -0.2) is 23.3 Å². The first kappa shape index (κ1) is 23.5. The topological polar surface area (TPSA) is 62.3 Å². The lowest BCUT2D eigenvalue weighted by molar-refractivity contribution is -0.137. The minimum atomic E-state index is -4.67. The molecule has 2 amide bonds.